The molecule has 0 aromatic heterocycles. The second-order valence-corrected chi connectivity index (χ2v) is 5.07. The Morgan fingerprint density at radius 3 is 2.79 bits per heavy atom. The Kier molecular flexibility index (Phi) is 4.10. The number of benzene rings is 1. The molecule has 3 N–H and O–H groups in total. The van der Waals surface area contributed by atoms with Crippen molar-refractivity contribution in [2.75, 3.05) is 13.2 Å². The van der Waals surface area contributed by atoms with Gasteiger partial charge in [-0.25, -0.2) is 0 Å². The molecule has 0 aliphatic carbocycles. The first kappa shape index (κ1) is 13.9. The molecule has 1 aliphatic heterocycles. The Morgan fingerprint density at radius 1 is 1.42 bits per heavy atom. The summed E-state index contributed by atoms with van der Waals surface area (Å²) < 4.78 is 5.45. The molecule has 1 aromatic rings. The van der Waals surface area contributed by atoms with Crippen molar-refractivity contribution in [2.24, 2.45) is 5.73 Å². The molecule has 0 fully saturated rings. The van der Waals surface area contributed by atoms with Crippen molar-refractivity contribution in [1.82, 2.24) is 5.32 Å². The van der Waals surface area contributed by atoms with Crippen LogP contribution in [0, 0.1) is 0 Å². The third-order valence-electron chi connectivity index (χ3n) is 4.07. The largest absolute Gasteiger partial charge is 0.493 e. The number of ether oxygens (including phenoxy) is 1. The monoisotopic (exact) mass is 262 g/mol. The standard InChI is InChI=1S/C15H22N2O2/c1-3-15(4-2,10-16)17-14(18)12-5-6-13-11(9-12)7-8-19-13/h5-6,9H,3-4,7-8,10,16H2,1-2H3,(H,17,18). The fourth-order valence-corrected chi connectivity index (χ4v) is 2.41. The molecule has 0 unspecified atom stereocenters. The summed E-state index contributed by atoms with van der Waals surface area (Å²) in [5, 5.41) is 3.08. The Hall–Kier alpha value is -1.55. The molecule has 4 nitrogen and oxygen atoms in total. The van der Waals surface area contributed by atoms with Crippen molar-refractivity contribution in [2.45, 2.75) is 38.6 Å². The maximum Gasteiger partial charge on any atom is 0.251 e. The maximum absolute atomic E-state index is 12.3. The highest BCUT2D eigenvalue weighted by molar-refractivity contribution is 5.95. The first-order valence-electron chi connectivity index (χ1n) is 6.92. The number of hydrogen-bond acceptors (Lipinski definition) is 3. The molecule has 19 heavy (non-hydrogen) atoms. The molecular weight excluding hydrogens is 240 g/mol. The van der Waals surface area contributed by atoms with Gasteiger partial charge in [-0.15, -0.1) is 0 Å². The highest BCUT2D eigenvalue weighted by Crippen LogP contribution is 2.26. The van der Waals surface area contributed by atoms with E-state index in [1.165, 1.54) is 0 Å². The number of carbonyl (C=O) groups is 1. The highest BCUT2D eigenvalue weighted by atomic mass is 16.5. The van der Waals surface area contributed by atoms with Crippen molar-refractivity contribution in [1.29, 1.82) is 0 Å². The van der Waals surface area contributed by atoms with Gasteiger partial charge in [-0.2, -0.15) is 0 Å². The van der Waals surface area contributed by atoms with Crippen molar-refractivity contribution in [3.8, 4) is 5.75 Å². The highest BCUT2D eigenvalue weighted by Gasteiger charge is 2.27. The molecule has 0 spiro atoms. The molecule has 0 bridgehead atoms. The number of nitrogens with two attached hydrogens (primary N) is 1. The lowest BCUT2D eigenvalue weighted by Gasteiger charge is -2.31. The molecule has 1 aromatic carbocycles. The molecule has 1 aliphatic rings. The van der Waals surface area contributed by atoms with E-state index in [9.17, 15) is 4.79 Å². The van der Waals surface area contributed by atoms with Crippen LogP contribution < -0.4 is 15.8 Å². The average Bonchev–Trinajstić information content (AvgIpc) is 2.92. The zero-order valence-electron chi connectivity index (χ0n) is 11.7. The minimum Gasteiger partial charge on any atom is -0.493 e. The van der Waals surface area contributed by atoms with Gasteiger partial charge in [0.1, 0.15) is 5.75 Å². The third-order valence-corrected chi connectivity index (χ3v) is 4.07. The number of carbonyl (C=O) groups excluding carboxylic acids is 1. The number of amides is 1. The summed E-state index contributed by atoms with van der Waals surface area (Å²) >= 11 is 0. The number of nitrogens with one attached hydrogen (secondary N) is 1. The Morgan fingerprint density at radius 2 is 2.16 bits per heavy atom. The Labute approximate surface area is 114 Å². The number of rotatable bonds is 5. The summed E-state index contributed by atoms with van der Waals surface area (Å²) in [5.74, 6) is 0.844. The summed E-state index contributed by atoms with van der Waals surface area (Å²) in [4.78, 5) is 12.3. The summed E-state index contributed by atoms with van der Waals surface area (Å²) in [5.41, 5.74) is 7.31. The number of fused-ring (bicyclic) bond motifs is 1. The van der Waals surface area contributed by atoms with E-state index in [-0.39, 0.29) is 11.4 Å². The molecule has 0 radical (unpaired) electrons. The Balaban J connectivity index is 2.16. The van der Waals surface area contributed by atoms with Gasteiger partial charge in [0.15, 0.2) is 0 Å². The van der Waals surface area contributed by atoms with Crippen LogP contribution >= 0.6 is 0 Å². The van der Waals surface area contributed by atoms with E-state index in [1.807, 2.05) is 32.0 Å². The van der Waals surface area contributed by atoms with E-state index < -0.39 is 0 Å². The van der Waals surface area contributed by atoms with E-state index in [0.717, 1.165) is 30.6 Å². The SMILES string of the molecule is CCC(CC)(CN)NC(=O)c1ccc2c(c1)CCO2. The predicted octanol–water partition coefficient (Wildman–Crippen LogP) is 1.87. The van der Waals surface area contributed by atoms with Gasteiger partial charge in [-0.1, -0.05) is 13.8 Å². The fraction of sp³-hybridized carbons (Fsp3) is 0.533. The van der Waals surface area contributed by atoms with Crippen molar-refractivity contribution >= 4 is 5.91 Å². The summed E-state index contributed by atoms with van der Waals surface area (Å²) in [6.07, 6.45) is 2.54. The fourth-order valence-electron chi connectivity index (χ4n) is 2.41. The lowest BCUT2D eigenvalue weighted by atomic mass is 9.92. The molecule has 0 atom stereocenters. The molecule has 4 heteroatoms. The lowest BCUT2D eigenvalue weighted by molar-refractivity contribution is 0.0895. The second-order valence-electron chi connectivity index (χ2n) is 5.07. The smallest absolute Gasteiger partial charge is 0.251 e. The molecule has 104 valence electrons. The zero-order valence-corrected chi connectivity index (χ0v) is 11.7. The van der Waals surface area contributed by atoms with Gasteiger partial charge in [-0.3, -0.25) is 4.79 Å². The predicted molar refractivity (Wildman–Crippen MR) is 75.5 cm³/mol. The van der Waals surface area contributed by atoms with E-state index >= 15 is 0 Å². The van der Waals surface area contributed by atoms with E-state index in [4.69, 9.17) is 10.5 Å². The van der Waals surface area contributed by atoms with Gasteiger partial charge >= 0.3 is 0 Å². The first-order chi connectivity index (χ1) is 9.14. The van der Waals surface area contributed by atoms with Crippen molar-refractivity contribution in [3.63, 3.8) is 0 Å². The summed E-state index contributed by atoms with van der Waals surface area (Å²) in [6.45, 7) is 5.26. The van der Waals surface area contributed by atoms with Crippen molar-refractivity contribution < 1.29 is 9.53 Å². The molecule has 1 heterocycles. The lowest BCUT2D eigenvalue weighted by Crippen LogP contribution is -2.52. The van der Waals surface area contributed by atoms with E-state index in [2.05, 4.69) is 5.32 Å². The van der Waals surface area contributed by atoms with Crippen LogP contribution in [0.3, 0.4) is 0 Å². The van der Waals surface area contributed by atoms with Gasteiger partial charge in [0.05, 0.1) is 12.1 Å². The number of hydrogen-bond donors (Lipinski definition) is 2. The normalized spacial score (nSPS) is 13.8. The van der Waals surface area contributed by atoms with Crippen LogP contribution in [0.2, 0.25) is 0 Å². The molecule has 0 saturated heterocycles. The van der Waals surface area contributed by atoms with E-state index in [1.54, 1.807) is 0 Å². The van der Waals surface area contributed by atoms with Crippen LogP contribution in [-0.4, -0.2) is 24.6 Å². The van der Waals surface area contributed by atoms with Gasteiger partial charge in [0.2, 0.25) is 0 Å². The summed E-state index contributed by atoms with van der Waals surface area (Å²) in [7, 11) is 0. The molecule has 1 amide bonds. The minimum absolute atomic E-state index is 0.0520. The van der Waals surface area contributed by atoms with Crippen LogP contribution in [0.15, 0.2) is 18.2 Å². The quantitative estimate of drug-likeness (QED) is 0.851. The minimum atomic E-state index is -0.299. The zero-order chi connectivity index (χ0) is 13.9. The summed E-state index contributed by atoms with van der Waals surface area (Å²) in [6, 6.07) is 5.61. The van der Waals surface area contributed by atoms with Crippen LogP contribution in [0.1, 0.15) is 42.6 Å². The van der Waals surface area contributed by atoms with Crippen LogP contribution in [-0.2, 0) is 6.42 Å². The second kappa shape index (κ2) is 5.61. The van der Waals surface area contributed by atoms with Crippen LogP contribution in [0.5, 0.6) is 5.75 Å². The van der Waals surface area contributed by atoms with Gasteiger partial charge < -0.3 is 15.8 Å². The van der Waals surface area contributed by atoms with Crippen LogP contribution in [0.25, 0.3) is 0 Å². The van der Waals surface area contributed by atoms with Crippen LogP contribution in [0.4, 0.5) is 0 Å². The molecule has 2 rings (SSSR count). The molecular formula is C15H22N2O2. The van der Waals surface area contributed by atoms with Gasteiger partial charge in [-0.05, 0) is 36.6 Å². The van der Waals surface area contributed by atoms with Crippen molar-refractivity contribution in [3.05, 3.63) is 29.3 Å². The van der Waals surface area contributed by atoms with Gasteiger partial charge in [0.25, 0.3) is 5.91 Å². The maximum atomic E-state index is 12.3. The third kappa shape index (κ3) is 2.73. The van der Waals surface area contributed by atoms with Gasteiger partial charge in [0, 0.05) is 18.5 Å². The topological polar surface area (TPSA) is 64.3 Å². The Bertz CT molecular complexity index is 459. The van der Waals surface area contributed by atoms with E-state index in [0.29, 0.717) is 18.7 Å². The first-order valence-corrected chi connectivity index (χ1v) is 6.92. The molecule has 0 saturated carbocycles. The average molecular weight is 262 g/mol.